The van der Waals surface area contributed by atoms with Gasteiger partial charge in [-0.05, 0) is 36.2 Å². The van der Waals surface area contributed by atoms with Crippen LogP contribution >= 0.6 is 0 Å². The maximum absolute atomic E-state index is 5.80. The van der Waals surface area contributed by atoms with E-state index in [9.17, 15) is 0 Å². The molecule has 0 amide bonds. The molecule has 0 aliphatic heterocycles. The lowest BCUT2D eigenvalue weighted by Crippen LogP contribution is -1.97. The number of hydrogen-bond donors (Lipinski definition) is 1. The summed E-state index contributed by atoms with van der Waals surface area (Å²) in [6, 6.07) is 15.5. The number of hydrogen-bond acceptors (Lipinski definition) is 3. The van der Waals surface area contributed by atoms with Crippen molar-refractivity contribution in [3.8, 4) is 17.2 Å². The molecule has 0 aliphatic rings. The van der Waals surface area contributed by atoms with Gasteiger partial charge in [-0.25, -0.2) is 0 Å². The van der Waals surface area contributed by atoms with Crippen molar-refractivity contribution in [1.82, 2.24) is 0 Å². The molecular weight excluding hydrogens is 250 g/mol. The summed E-state index contributed by atoms with van der Waals surface area (Å²) >= 11 is 0. The first-order valence-corrected chi connectivity index (χ1v) is 7.01. The van der Waals surface area contributed by atoms with Crippen molar-refractivity contribution < 1.29 is 9.47 Å². The van der Waals surface area contributed by atoms with E-state index < -0.39 is 0 Å². The summed E-state index contributed by atoms with van der Waals surface area (Å²) in [4.78, 5) is 0. The van der Waals surface area contributed by atoms with Crippen molar-refractivity contribution >= 4 is 0 Å². The van der Waals surface area contributed by atoms with Gasteiger partial charge in [-0.3, -0.25) is 0 Å². The minimum atomic E-state index is 0.543. The highest BCUT2D eigenvalue weighted by molar-refractivity contribution is 5.37. The van der Waals surface area contributed by atoms with E-state index in [4.69, 9.17) is 15.2 Å². The Labute approximate surface area is 120 Å². The fraction of sp³-hybridized carbons (Fsp3) is 0.294. The van der Waals surface area contributed by atoms with Gasteiger partial charge in [0, 0.05) is 12.6 Å². The Hall–Kier alpha value is -2.00. The molecule has 20 heavy (non-hydrogen) atoms. The third-order valence-corrected chi connectivity index (χ3v) is 2.97. The third-order valence-electron chi connectivity index (χ3n) is 2.97. The van der Waals surface area contributed by atoms with Crippen molar-refractivity contribution in [3.05, 3.63) is 54.1 Å². The maximum atomic E-state index is 5.80. The standard InChI is InChI=1S/C17H21NO2/c1-2-3-11-19-16-5-4-6-17(12-16)20-15-9-7-14(13-18)8-10-15/h4-10,12H,2-3,11,13,18H2,1H3. The molecule has 0 saturated heterocycles. The van der Waals surface area contributed by atoms with E-state index in [1.807, 2.05) is 48.5 Å². The largest absolute Gasteiger partial charge is 0.493 e. The molecule has 0 spiro atoms. The molecule has 2 rings (SSSR count). The first-order chi connectivity index (χ1) is 9.81. The fourth-order valence-corrected chi connectivity index (χ4v) is 1.79. The first kappa shape index (κ1) is 14.4. The SMILES string of the molecule is CCCCOc1cccc(Oc2ccc(CN)cc2)c1. The molecule has 0 aromatic heterocycles. The summed E-state index contributed by atoms with van der Waals surface area (Å²) in [5.74, 6) is 2.42. The second-order valence-corrected chi connectivity index (χ2v) is 4.63. The summed E-state index contributed by atoms with van der Waals surface area (Å²) in [5, 5.41) is 0. The van der Waals surface area contributed by atoms with Crippen LogP contribution < -0.4 is 15.2 Å². The van der Waals surface area contributed by atoms with Gasteiger partial charge in [0.25, 0.3) is 0 Å². The lowest BCUT2D eigenvalue weighted by Gasteiger charge is -2.09. The van der Waals surface area contributed by atoms with E-state index in [1.165, 1.54) is 0 Å². The van der Waals surface area contributed by atoms with Crippen molar-refractivity contribution in [1.29, 1.82) is 0 Å². The van der Waals surface area contributed by atoms with Gasteiger partial charge in [-0.1, -0.05) is 31.5 Å². The highest BCUT2D eigenvalue weighted by Crippen LogP contribution is 2.25. The van der Waals surface area contributed by atoms with Gasteiger partial charge in [0.2, 0.25) is 0 Å². The minimum absolute atomic E-state index is 0.543. The highest BCUT2D eigenvalue weighted by atomic mass is 16.5. The number of ether oxygens (including phenoxy) is 2. The molecular formula is C17H21NO2. The molecule has 0 atom stereocenters. The van der Waals surface area contributed by atoms with Crippen LogP contribution in [0.4, 0.5) is 0 Å². The second-order valence-electron chi connectivity index (χ2n) is 4.63. The Balaban J connectivity index is 1.99. The van der Waals surface area contributed by atoms with Gasteiger partial charge < -0.3 is 15.2 Å². The number of rotatable bonds is 7. The molecule has 0 radical (unpaired) electrons. The zero-order valence-corrected chi connectivity index (χ0v) is 11.8. The average Bonchev–Trinajstić information content (AvgIpc) is 2.49. The molecule has 2 aromatic rings. The number of benzene rings is 2. The molecule has 0 saturated carbocycles. The molecule has 0 bridgehead atoms. The zero-order valence-electron chi connectivity index (χ0n) is 11.8. The van der Waals surface area contributed by atoms with Crippen LogP contribution in [0.25, 0.3) is 0 Å². The quantitative estimate of drug-likeness (QED) is 0.770. The molecule has 0 aliphatic carbocycles. The molecule has 3 nitrogen and oxygen atoms in total. The van der Waals surface area contributed by atoms with E-state index in [0.29, 0.717) is 6.54 Å². The van der Waals surface area contributed by atoms with Crippen LogP contribution in [-0.2, 0) is 6.54 Å². The zero-order chi connectivity index (χ0) is 14.2. The van der Waals surface area contributed by atoms with Gasteiger partial charge in [0.05, 0.1) is 6.61 Å². The summed E-state index contributed by atoms with van der Waals surface area (Å²) in [6.45, 7) is 3.43. The van der Waals surface area contributed by atoms with Gasteiger partial charge in [0.1, 0.15) is 17.2 Å². The van der Waals surface area contributed by atoms with Crippen LogP contribution in [0.3, 0.4) is 0 Å². The number of nitrogens with two attached hydrogens (primary N) is 1. The molecule has 0 unspecified atom stereocenters. The monoisotopic (exact) mass is 271 g/mol. The average molecular weight is 271 g/mol. The fourth-order valence-electron chi connectivity index (χ4n) is 1.79. The van der Waals surface area contributed by atoms with E-state index in [1.54, 1.807) is 0 Å². The van der Waals surface area contributed by atoms with E-state index in [2.05, 4.69) is 6.92 Å². The first-order valence-electron chi connectivity index (χ1n) is 7.01. The lowest BCUT2D eigenvalue weighted by atomic mass is 10.2. The topological polar surface area (TPSA) is 44.5 Å². The molecule has 106 valence electrons. The normalized spacial score (nSPS) is 10.3. The molecule has 2 N–H and O–H groups in total. The predicted molar refractivity (Wildman–Crippen MR) is 81.3 cm³/mol. The Morgan fingerprint density at radius 3 is 2.40 bits per heavy atom. The number of unbranched alkanes of at least 4 members (excludes halogenated alkanes) is 1. The Kier molecular flexibility index (Phi) is 5.44. The third kappa shape index (κ3) is 4.28. The van der Waals surface area contributed by atoms with Crippen LogP contribution in [0.15, 0.2) is 48.5 Å². The second kappa shape index (κ2) is 7.56. The van der Waals surface area contributed by atoms with Crippen molar-refractivity contribution in [2.45, 2.75) is 26.3 Å². The summed E-state index contributed by atoms with van der Waals surface area (Å²) in [6.07, 6.45) is 2.19. The van der Waals surface area contributed by atoms with Crippen molar-refractivity contribution in [2.75, 3.05) is 6.61 Å². The van der Waals surface area contributed by atoms with Gasteiger partial charge in [0.15, 0.2) is 0 Å². The van der Waals surface area contributed by atoms with Crippen LogP contribution in [-0.4, -0.2) is 6.61 Å². The summed E-state index contributed by atoms with van der Waals surface area (Å²) < 4.78 is 11.5. The van der Waals surface area contributed by atoms with Crippen LogP contribution in [0.5, 0.6) is 17.2 Å². The maximum Gasteiger partial charge on any atom is 0.131 e. The summed E-state index contributed by atoms with van der Waals surface area (Å²) in [7, 11) is 0. The van der Waals surface area contributed by atoms with E-state index in [-0.39, 0.29) is 0 Å². The Bertz CT molecular complexity index is 523. The van der Waals surface area contributed by atoms with Gasteiger partial charge in [-0.2, -0.15) is 0 Å². The van der Waals surface area contributed by atoms with Crippen LogP contribution in [0.1, 0.15) is 25.3 Å². The smallest absolute Gasteiger partial charge is 0.131 e. The van der Waals surface area contributed by atoms with E-state index >= 15 is 0 Å². The van der Waals surface area contributed by atoms with E-state index in [0.717, 1.165) is 42.3 Å². The van der Waals surface area contributed by atoms with Gasteiger partial charge in [-0.15, -0.1) is 0 Å². The van der Waals surface area contributed by atoms with Crippen molar-refractivity contribution in [2.24, 2.45) is 5.73 Å². The highest BCUT2D eigenvalue weighted by Gasteiger charge is 2.00. The lowest BCUT2D eigenvalue weighted by molar-refractivity contribution is 0.308. The Morgan fingerprint density at radius 2 is 1.70 bits per heavy atom. The Morgan fingerprint density at radius 1 is 0.950 bits per heavy atom. The minimum Gasteiger partial charge on any atom is -0.493 e. The molecule has 0 fully saturated rings. The summed E-state index contributed by atoms with van der Waals surface area (Å²) in [5.41, 5.74) is 6.66. The molecule has 2 aromatic carbocycles. The van der Waals surface area contributed by atoms with Crippen LogP contribution in [0.2, 0.25) is 0 Å². The van der Waals surface area contributed by atoms with Gasteiger partial charge >= 0.3 is 0 Å². The predicted octanol–water partition coefficient (Wildman–Crippen LogP) is 4.12. The molecule has 0 heterocycles. The van der Waals surface area contributed by atoms with Crippen molar-refractivity contribution in [3.63, 3.8) is 0 Å². The van der Waals surface area contributed by atoms with Crippen LogP contribution in [0, 0.1) is 0 Å². The molecule has 3 heteroatoms.